The Kier molecular flexibility index (Phi) is 4.67. The first-order chi connectivity index (χ1) is 10.9. The Morgan fingerprint density at radius 2 is 1.64 bits per heavy atom. The number of hydrogen-bond acceptors (Lipinski definition) is 2. The molecule has 0 aliphatic heterocycles. The molecule has 3 rings (SSSR count). The van der Waals surface area contributed by atoms with Crippen molar-refractivity contribution in [3.63, 3.8) is 0 Å². The maximum absolute atomic E-state index is 5.18. The zero-order valence-electron chi connectivity index (χ0n) is 12.3. The van der Waals surface area contributed by atoms with Gasteiger partial charge in [0.1, 0.15) is 12.1 Å². The van der Waals surface area contributed by atoms with E-state index in [0.29, 0.717) is 0 Å². The summed E-state index contributed by atoms with van der Waals surface area (Å²) in [6, 6.07) is 22.3. The van der Waals surface area contributed by atoms with Crippen LogP contribution in [-0.2, 0) is 6.42 Å². The molecule has 0 bridgehead atoms. The Bertz CT molecular complexity index is 704. The molecule has 0 saturated carbocycles. The molecule has 0 saturated heterocycles. The molecule has 0 amide bonds. The highest BCUT2D eigenvalue weighted by atomic mass is 16.3. The van der Waals surface area contributed by atoms with Crippen LogP contribution in [0.15, 0.2) is 88.7 Å². The van der Waals surface area contributed by atoms with Crippen LogP contribution >= 0.6 is 0 Å². The van der Waals surface area contributed by atoms with Crippen LogP contribution in [0.5, 0.6) is 0 Å². The quantitative estimate of drug-likeness (QED) is 0.565. The average Bonchev–Trinajstić information content (AvgIpc) is 3.10. The van der Waals surface area contributed by atoms with Gasteiger partial charge < -0.3 is 9.73 Å². The Labute approximate surface area is 130 Å². The van der Waals surface area contributed by atoms with Crippen molar-refractivity contribution in [3.05, 3.63) is 90.4 Å². The minimum Gasteiger partial charge on any atom is -0.472 e. The van der Waals surface area contributed by atoms with Crippen LogP contribution in [0.25, 0.3) is 0 Å². The SMILES string of the molecule is c1ccc(CCN/C(=N\c2ccccc2)c2ccoc2)cc1. The molecule has 0 radical (unpaired) electrons. The summed E-state index contributed by atoms with van der Waals surface area (Å²) in [5.74, 6) is 0.830. The number of amidine groups is 1. The normalized spacial score (nSPS) is 11.4. The average molecular weight is 290 g/mol. The number of benzene rings is 2. The van der Waals surface area contributed by atoms with E-state index < -0.39 is 0 Å². The van der Waals surface area contributed by atoms with E-state index in [4.69, 9.17) is 4.42 Å². The summed E-state index contributed by atoms with van der Waals surface area (Å²) in [6.07, 6.45) is 4.32. The maximum atomic E-state index is 5.18. The lowest BCUT2D eigenvalue weighted by Gasteiger charge is -2.08. The van der Waals surface area contributed by atoms with Crippen molar-refractivity contribution < 1.29 is 4.42 Å². The third-order valence-corrected chi connectivity index (χ3v) is 3.34. The molecule has 22 heavy (non-hydrogen) atoms. The summed E-state index contributed by atoms with van der Waals surface area (Å²) in [6.45, 7) is 0.820. The summed E-state index contributed by atoms with van der Waals surface area (Å²) in [5, 5.41) is 3.41. The second-order valence-electron chi connectivity index (χ2n) is 4.97. The van der Waals surface area contributed by atoms with Crippen LogP contribution < -0.4 is 5.32 Å². The largest absolute Gasteiger partial charge is 0.472 e. The predicted molar refractivity (Wildman–Crippen MR) is 89.5 cm³/mol. The van der Waals surface area contributed by atoms with E-state index in [0.717, 1.165) is 30.1 Å². The molecular formula is C19H18N2O. The lowest BCUT2D eigenvalue weighted by Crippen LogP contribution is -2.26. The topological polar surface area (TPSA) is 37.5 Å². The number of nitrogens with zero attached hydrogens (tertiary/aromatic N) is 1. The highest BCUT2D eigenvalue weighted by molar-refractivity contribution is 5.99. The fourth-order valence-corrected chi connectivity index (χ4v) is 2.21. The van der Waals surface area contributed by atoms with E-state index in [9.17, 15) is 0 Å². The van der Waals surface area contributed by atoms with Gasteiger partial charge in [0.05, 0.1) is 17.5 Å². The number of furan rings is 1. The zero-order valence-corrected chi connectivity index (χ0v) is 12.3. The molecule has 1 aromatic heterocycles. The van der Waals surface area contributed by atoms with Gasteiger partial charge >= 0.3 is 0 Å². The molecule has 110 valence electrons. The third kappa shape index (κ3) is 3.85. The maximum Gasteiger partial charge on any atom is 0.137 e. The lowest BCUT2D eigenvalue weighted by molar-refractivity contribution is 0.566. The summed E-state index contributed by atoms with van der Waals surface area (Å²) in [7, 11) is 0. The summed E-state index contributed by atoms with van der Waals surface area (Å²) >= 11 is 0. The van der Waals surface area contributed by atoms with E-state index in [1.807, 2.05) is 42.5 Å². The molecule has 1 heterocycles. The first kappa shape index (κ1) is 14.1. The van der Waals surface area contributed by atoms with Gasteiger partial charge in [-0.15, -0.1) is 0 Å². The van der Waals surface area contributed by atoms with Gasteiger partial charge in [0.15, 0.2) is 0 Å². The number of hydrogen-bond donors (Lipinski definition) is 1. The molecular weight excluding hydrogens is 272 g/mol. The van der Waals surface area contributed by atoms with Gasteiger partial charge in [-0.2, -0.15) is 0 Å². The smallest absolute Gasteiger partial charge is 0.137 e. The third-order valence-electron chi connectivity index (χ3n) is 3.34. The Balaban J connectivity index is 1.71. The molecule has 0 fully saturated rings. The number of para-hydroxylation sites is 1. The van der Waals surface area contributed by atoms with Gasteiger partial charge in [-0.3, -0.25) is 0 Å². The second kappa shape index (κ2) is 7.27. The number of nitrogens with one attached hydrogen (secondary N) is 1. The zero-order chi connectivity index (χ0) is 15.0. The van der Waals surface area contributed by atoms with Gasteiger partial charge in [-0.1, -0.05) is 48.5 Å². The Morgan fingerprint density at radius 3 is 2.32 bits per heavy atom. The molecule has 0 unspecified atom stereocenters. The van der Waals surface area contributed by atoms with E-state index in [-0.39, 0.29) is 0 Å². The fourth-order valence-electron chi connectivity index (χ4n) is 2.21. The molecule has 0 atom stereocenters. The molecule has 0 aliphatic rings. The van der Waals surface area contributed by atoms with Crippen LogP contribution in [0.2, 0.25) is 0 Å². The van der Waals surface area contributed by atoms with Crippen molar-refractivity contribution in [2.45, 2.75) is 6.42 Å². The minimum atomic E-state index is 0.820. The van der Waals surface area contributed by atoms with Crippen molar-refractivity contribution in [3.8, 4) is 0 Å². The van der Waals surface area contributed by atoms with E-state index in [1.165, 1.54) is 5.56 Å². The van der Waals surface area contributed by atoms with Gasteiger partial charge in [-0.05, 0) is 30.2 Å². The highest BCUT2D eigenvalue weighted by Crippen LogP contribution is 2.12. The first-order valence-corrected chi connectivity index (χ1v) is 7.36. The second-order valence-corrected chi connectivity index (χ2v) is 4.97. The van der Waals surface area contributed by atoms with Gasteiger partial charge in [0, 0.05) is 6.54 Å². The van der Waals surface area contributed by atoms with E-state index >= 15 is 0 Å². The molecule has 2 aromatic carbocycles. The molecule has 3 nitrogen and oxygen atoms in total. The molecule has 0 aliphatic carbocycles. The lowest BCUT2D eigenvalue weighted by atomic mass is 10.1. The minimum absolute atomic E-state index is 0.820. The van der Waals surface area contributed by atoms with Crippen LogP contribution in [0.1, 0.15) is 11.1 Å². The molecule has 3 aromatic rings. The summed E-state index contributed by atoms with van der Waals surface area (Å²) in [5.41, 5.74) is 3.18. The van der Waals surface area contributed by atoms with Crippen molar-refractivity contribution in [1.82, 2.24) is 5.32 Å². The molecule has 0 spiro atoms. The van der Waals surface area contributed by atoms with Crippen molar-refractivity contribution in [1.29, 1.82) is 0 Å². The standard InChI is InChI=1S/C19H18N2O/c1-3-7-16(8-4-1)11-13-20-19(17-12-14-22-15-17)21-18-9-5-2-6-10-18/h1-10,12,14-15H,11,13H2,(H,20,21). The first-order valence-electron chi connectivity index (χ1n) is 7.36. The summed E-state index contributed by atoms with van der Waals surface area (Å²) in [4.78, 5) is 4.68. The van der Waals surface area contributed by atoms with E-state index in [2.05, 4.69) is 34.6 Å². The van der Waals surface area contributed by atoms with Crippen LogP contribution in [0.3, 0.4) is 0 Å². The molecule has 3 heteroatoms. The van der Waals surface area contributed by atoms with Crippen molar-refractivity contribution in [2.24, 2.45) is 4.99 Å². The van der Waals surface area contributed by atoms with Crippen molar-refractivity contribution in [2.75, 3.05) is 6.54 Å². The van der Waals surface area contributed by atoms with Gasteiger partial charge in [-0.25, -0.2) is 4.99 Å². The van der Waals surface area contributed by atoms with Crippen LogP contribution in [-0.4, -0.2) is 12.4 Å². The van der Waals surface area contributed by atoms with Crippen LogP contribution in [0.4, 0.5) is 5.69 Å². The van der Waals surface area contributed by atoms with E-state index in [1.54, 1.807) is 12.5 Å². The van der Waals surface area contributed by atoms with Crippen molar-refractivity contribution >= 4 is 11.5 Å². The number of rotatable bonds is 5. The van der Waals surface area contributed by atoms with Gasteiger partial charge in [0.25, 0.3) is 0 Å². The monoisotopic (exact) mass is 290 g/mol. The predicted octanol–water partition coefficient (Wildman–Crippen LogP) is 4.19. The molecule has 1 N–H and O–H groups in total. The van der Waals surface area contributed by atoms with Gasteiger partial charge in [0.2, 0.25) is 0 Å². The Morgan fingerprint density at radius 1 is 0.909 bits per heavy atom. The highest BCUT2D eigenvalue weighted by Gasteiger charge is 2.05. The Hall–Kier alpha value is -2.81. The van der Waals surface area contributed by atoms with Crippen LogP contribution in [0, 0.1) is 0 Å². The number of aliphatic imine (C=N–C) groups is 1. The summed E-state index contributed by atoms with van der Waals surface area (Å²) < 4.78 is 5.18. The fraction of sp³-hybridized carbons (Fsp3) is 0.105.